The van der Waals surface area contributed by atoms with Gasteiger partial charge in [-0.2, -0.15) is 0 Å². The van der Waals surface area contributed by atoms with E-state index in [1.165, 1.54) is 12.8 Å². The van der Waals surface area contributed by atoms with Crippen LogP contribution in [0.3, 0.4) is 0 Å². The minimum absolute atomic E-state index is 0.0967. The molecule has 3 unspecified atom stereocenters. The Bertz CT molecular complexity index is 487. The monoisotopic (exact) mass is 276 g/mol. The van der Waals surface area contributed by atoms with Crippen LogP contribution in [0.1, 0.15) is 43.5 Å². The van der Waals surface area contributed by atoms with E-state index >= 15 is 0 Å². The summed E-state index contributed by atoms with van der Waals surface area (Å²) >= 11 is 0. The number of nitrogens with two attached hydrogens (primary N) is 1. The molecule has 0 saturated heterocycles. The van der Waals surface area contributed by atoms with Crippen LogP contribution in [0, 0.1) is 11.8 Å². The van der Waals surface area contributed by atoms with Gasteiger partial charge in [0.2, 0.25) is 0 Å². The Morgan fingerprint density at radius 3 is 2.75 bits per heavy atom. The molecule has 0 heterocycles. The highest BCUT2D eigenvalue weighted by molar-refractivity contribution is 5.98. The van der Waals surface area contributed by atoms with E-state index in [0.717, 1.165) is 12.3 Å². The quantitative estimate of drug-likeness (QED) is 0.834. The standard InChI is InChI=1S/C16H24N2O2/c1-10-4-6-14(11(2)8-10)18-16(19)13-9-12(17)5-7-15(13)20-3/h5,7,9-11,14H,4,6,8,17H2,1-3H3,(H,18,19). The van der Waals surface area contributed by atoms with Crippen molar-refractivity contribution in [3.63, 3.8) is 0 Å². The molecule has 4 nitrogen and oxygen atoms in total. The van der Waals surface area contributed by atoms with E-state index in [-0.39, 0.29) is 11.9 Å². The Morgan fingerprint density at radius 2 is 2.10 bits per heavy atom. The molecule has 3 atom stereocenters. The number of rotatable bonds is 3. The largest absolute Gasteiger partial charge is 0.496 e. The van der Waals surface area contributed by atoms with E-state index in [9.17, 15) is 4.79 Å². The highest BCUT2D eigenvalue weighted by atomic mass is 16.5. The molecule has 1 fully saturated rings. The van der Waals surface area contributed by atoms with Crippen LogP contribution >= 0.6 is 0 Å². The molecule has 1 aliphatic rings. The van der Waals surface area contributed by atoms with Crippen LogP contribution in [-0.2, 0) is 0 Å². The van der Waals surface area contributed by atoms with E-state index in [0.29, 0.717) is 22.9 Å². The number of nitrogens with one attached hydrogen (secondary N) is 1. The maximum absolute atomic E-state index is 12.4. The number of carbonyl (C=O) groups is 1. The number of hydrogen-bond donors (Lipinski definition) is 2. The Hall–Kier alpha value is -1.71. The van der Waals surface area contributed by atoms with Gasteiger partial charge in [0.1, 0.15) is 5.75 Å². The number of hydrogen-bond acceptors (Lipinski definition) is 3. The maximum Gasteiger partial charge on any atom is 0.255 e. The highest BCUT2D eigenvalue weighted by Crippen LogP contribution is 2.29. The molecule has 4 heteroatoms. The van der Waals surface area contributed by atoms with E-state index in [1.54, 1.807) is 25.3 Å². The van der Waals surface area contributed by atoms with Gasteiger partial charge in [0.15, 0.2) is 0 Å². The van der Waals surface area contributed by atoms with Gasteiger partial charge in [-0.1, -0.05) is 13.8 Å². The second kappa shape index (κ2) is 6.16. The second-order valence-electron chi connectivity index (χ2n) is 5.94. The van der Waals surface area contributed by atoms with Crippen LogP contribution < -0.4 is 15.8 Å². The predicted octanol–water partition coefficient (Wildman–Crippen LogP) is 2.83. The molecule has 0 bridgehead atoms. The summed E-state index contributed by atoms with van der Waals surface area (Å²) in [4.78, 5) is 12.4. The molecule has 110 valence electrons. The summed E-state index contributed by atoms with van der Waals surface area (Å²) in [5.74, 6) is 1.73. The zero-order valence-electron chi connectivity index (χ0n) is 12.5. The first-order chi connectivity index (χ1) is 9.51. The molecule has 1 aromatic carbocycles. The second-order valence-corrected chi connectivity index (χ2v) is 5.94. The molecule has 0 spiro atoms. The van der Waals surface area contributed by atoms with Crippen LogP contribution in [0.4, 0.5) is 5.69 Å². The van der Waals surface area contributed by atoms with E-state index in [2.05, 4.69) is 19.2 Å². The summed E-state index contributed by atoms with van der Waals surface area (Å²) in [6.45, 7) is 4.48. The van der Waals surface area contributed by atoms with Crippen LogP contribution in [0.2, 0.25) is 0 Å². The van der Waals surface area contributed by atoms with Crippen molar-refractivity contribution in [3.05, 3.63) is 23.8 Å². The van der Waals surface area contributed by atoms with Crippen molar-refractivity contribution < 1.29 is 9.53 Å². The lowest BCUT2D eigenvalue weighted by Gasteiger charge is -2.33. The fourth-order valence-corrected chi connectivity index (χ4v) is 3.03. The van der Waals surface area contributed by atoms with Crippen molar-refractivity contribution in [3.8, 4) is 5.75 Å². The van der Waals surface area contributed by atoms with Gasteiger partial charge in [-0.3, -0.25) is 4.79 Å². The topological polar surface area (TPSA) is 64.3 Å². The predicted molar refractivity (Wildman–Crippen MR) is 80.8 cm³/mol. The van der Waals surface area contributed by atoms with Crippen molar-refractivity contribution in [2.75, 3.05) is 12.8 Å². The van der Waals surface area contributed by atoms with Gasteiger partial charge in [0.25, 0.3) is 5.91 Å². The molecule has 2 rings (SSSR count). The summed E-state index contributed by atoms with van der Waals surface area (Å²) < 4.78 is 5.24. The van der Waals surface area contributed by atoms with Crippen molar-refractivity contribution in [1.82, 2.24) is 5.32 Å². The van der Waals surface area contributed by atoms with Crippen molar-refractivity contribution in [1.29, 1.82) is 0 Å². The first-order valence-electron chi connectivity index (χ1n) is 7.25. The molecular formula is C16H24N2O2. The molecule has 0 aliphatic heterocycles. The lowest BCUT2D eigenvalue weighted by molar-refractivity contribution is 0.0896. The first kappa shape index (κ1) is 14.7. The number of ether oxygens (including phenoxy) is 1. The Kier molecular flexibility index (Phi) is 4.53. The zero-order chi connectivity index (χ0) is 14.7. The third kappa shape index (κ3) is 3.24. The van der Waals surface area contributed by atoms with Gasteiger partial charge in [-0.15, -0.1) is 0 Å². The molecule has 0 radical (unpaired) electrons. The van der Waals surface area contributed by atoms with Gasteiger partial charge in [0, 0.05) is 11.7 Å². The minimum atomic E-state index is -0.0967. The molecule has 1 saturated carbocycles. The Labute approximate surface area is 120 Å². The van der Waals surface area contributed by atoms with Crippen molar-refractivity contribution in [2.45, 2.75) is 39.2 Å². The third-order valence-corrected chi connectivity index (χ3v) is 4.22. The van der Waals surface area contributed by atoms with Gasteiger partial charge < -0.3 is 15.8 Å². The Morgan fingerprint density at radius 1 is 1.35 bits per heavy atom. The van der Waals surface area contributed by atoms with Gasteiger partial charge in [-0.05, 0) is 49.3 Å². The highest BCUT2D eigenvalue weighted by Gasteiger charge is 2.27. The van der Waals surface area contributed by atoms with Gasteiger partial charge in [-0.25, -0.2) is 0 Å². The lowest BCUT2D eigenvalue weighted by Crippen LogP contribution is -2.42. The number of carbonyl (C=O) groups excluding carboxylic acids is 1. The Balaban J connectivity index is 2.10. The van der Waals surface area contributed by atoms with E-state index < -0.39 is 0 Å². The molecule has 1 aliphatic carbocycles. The van der Waals surface area contributed by atoms with Crippen LogP contribution in [-0.4, -0.2) is 19.1 Å². The molecular weight excluding hydrogens is 252 g/mol. The smallest absolute Gasteiger partial charge is 0.255 e. The maximum atomic E-state index is 12.4. The molecule has 1 amide bonds. The summed E-state index contributed by atoms with van der Waals surface area (Å²) in [5.41, 5.74) is 6.85. The van der Waals surface area contributed by atoms with Crippen molar-refractivity contribution in [2.24, 2.45) is 11.8 Å². The van der Waals surface area contributed by atoms with E-state index in [4.69, 9.17) is 10.5 Å². The average molecular weight is 276 g/mol. The number of anilines is 1. The normalized spacial score (nSPS) is 26.1. The van der Waals surface area contributed by atoms with Crippen LogP contribution in [0.15, 0.2) is 18.2 Å². The fourth-order valence-electron chi connectivity index (χ4n) is 3.03. The fraction of sp³-hybridized carbons (Fsp3) is 0.562. The molecule has 20 heavy (non-hydrogen) atoms. The average Bonchev–Trinajstić information content (AvgIpc) is 2.41. The van der Waals surface area contributed by atoms with Crippen LogP contribution in [0.25, 0.3) is 0 Å². The molecule has 0 aromatic heterocycles. The summed E-state index contributed by atoms with van der Waals surface area (Å²) in [6, 6.07) is 5.38. The molecule has 1 aromatic rings. The lowest BCUT2D eigenvalue weighted by atomic mass is 9.80. The molecule has 3 N–H and O–H groups in total. The summed E-state index contributed by atoms with van der Waals surface area (Å²) in [6.07, 6.45) is 3.38. The van der Waals surface area contributed by atoms with E-state index in [1.807, 2.05) is 0 Å². The third-order valence-electron chi connectivity index (χ3n) is 4.22. The van der Waals surface area contributed by atoms with Gasteiger partial charge >= 0.3 is 0 Å². The number of benzene rings is 1. The van der Waals surface area contributed by atoms with Crippen molar-refractivity contribution >= 4 is 11.6 Å². The summed E-state index contributed by atoms with van der Waals surface area (Å²) in [7, 11) is 1.56. The number of amides is 1. The number of nitrogen functional groups attached to an aromatic ring is 1. The minimum Gasteiger partial charge on any atom is -0.496 e. The number of methoxy groups -OCH3 is 1. The zero-order valence-corrected chi connectivity index (χ0v) is 12.5. The first-order valence-corrected chi connectivity index (χ1v) is 7.25. The summed E-state index contributed by atoms with van der Waals surface area (Å²) in [5, 5.41) is 3.13. The SMILES string of the molecule is COc1ccc(N)cc1C(=O)NC1CCC(C)CC1C. The van der Waals surface area contributed by atoms with Gasteiger partial charge in [0.05, 0.1) is 12.7 Å². The van der Waals surface area contributed by atoms with Crippen LogP contribution in [0.5, 0.6) is 5.75 Å².